The van der Waals surface area contributed by atoms with E-state index in [1.807, 2.05) is 0 Å². The van der Waals surface area contributed by atoms with Crippen LogP contribution >= 0.6 is 0 Å². The van der Waals surface area contributed by atoms with Gasteiger partial charge in [-0.25, -0.2) is 0 Å². The smallest absolute Gasteiger partial charge is 0.320 e. The molecule has 0 radical (unpaired) electrons. The molecule has 90 valence electrons. The number of carbonyl (C=O) groups is 1. The molecule has 0 saturated carbocycles. The summed E-state index contributed by atoms with van der Waals surface area (Å²) in [5, 5.41) is 29.6. The summed E-state index contributed by atoms with van der Waals surface area (Å²) in [6.07, 6.45) is 1.71. The molecule has 0 bridgehead atoms. The molecule has 0 heterocycles. The topological polar surface area (TPSA) is 116 Å². The number of nitrogens with two attached hydrogens (primary N) is 1. The summed E-state index contributed by atoms with van der Waals surface area (Å²) in [7, 11) is 0. The van der Waals surface area contributed by atoms with Gasteiger partial charge < -0.3 is 21.1 Å². The van der Waals surface area contributed by atoms with Gasteiger partial charge in [-0.15, -0.1) is 0 Å². The van der Waals surface area contributed by atoms with Gasteiger partial charge in [0.25, 0.3) is 0 Å². The maximum atomic E-state index is 10.8. The van der Waals surface area contributed by atoms with Crippen LogP contribution in [0.4, 0.5) is 0 Å². The van der Waals surface area contributed by atoms with Gasteiger partial charge in [0.2, 0.25) is 5.91 Å². The minimum atomic E-state index is -2.12. The Labute approximate surface area is 89.1 Å². The molecule has 0 aromatic heterocycles. The van der Waals surface area contributed by atoms with Crippen molar-refractivity contribution in [2.75, 3.05) is 6.54 Å². The molecule has 0 rings (SSSR count). The highest BCUT2D eigenvalue weighted by molar-refractivity contribution is 5.73. The minimum Gasteiger partial charge on any atom is -0.480 e. The van der Waals surface area contributed by atoms with E-state index in [9.17, 15) is 15.0 Å². The predicted molar refractivity (Wildman–Crippen MR) is 54.9 cm³/mol. The predicted octanol–water partition coefficient (Wildman–Crippen LogP) is -0.793. The highest BCUT2D eigenvalue weighted by atomic mass is 16.5. The zero-order valence-corrected chi connectivity index (χ0v) is 8.94. The molecule has 0 amide bonds. The Hall–Kier alpha value is -0.690. The lowest BCUT2D eigenvalue weighted by molar-refractivity contribution is -0.197. The normalized spacial score (nSPS) is 13.9. The Morgan fingerprint density at radius 1 is 1.47 bits per heavy atom. The SMILES string of the molecule is CCC(O)(O)N[C@@H](CCCCN)C(=O)O. The second kappa shape index (κ2) is 6.73. The zero-order chi connectivity index (χ0) is 11.9. The van der Waals surface area contributed by atoms with Crippen LogP contribution in [-0.2, 0) is 4.79 Å². The second-order valence-electron chi connectivity index (χ2n) is 3.49. The number of aliphatic carboxylic acids is 1. The molecule has 6 nitrogen and oxygen atoms in total. The molecule has 6 heteroatoms. The van der Waals surface area contributed by atoms with E-state index < -0.39 is 17.9 Å². The van der Waals surface area contributed by atoms with E-state index in [4.69, 9.17) is 10.8 Å². The van der Waals surface area contributed by atoms with E-state index in [0.717, 1.165) is 6.42 Å². The fraction of sp³-hybridized carbons (Fsp3) is 0.889. The van der Waals surface area contributed by atoms with E-state index in [1.54, 1.807) is 6.92 Å². The number of hydrogen-bond acceptors (Lipinski definition) is 5. The summed E-state index contributed by atoms with van der Waals surface area (Å²) < 4.78 is 0. The Morgan fingerprint density at radius 3 is 2.47 bits per heavy atom. The molecule has 0 saturated heterocycles. The van der Waals surface area contributed by atoms with Gasteiger partial charge in [-0.2, -0.15) is 0 Å². The van der Waals surface area contributed by atoms with Crippen LogP contribution in [0.5, 0.6) is 0 Å². The van der Waals surface area contributed by atoms with Crippen molar-refractivity contribution in [3.8, 4) is 0 Å². The van der Waals surface area contributed by atoms with Crippen molar-refractivity contribution in [3.63, 3.8) is 0 Å². The molecule has 1 atom stereocenters. The van der Waals surface area contributed by atoms with Crippen LogP contribution in [-0.4, -0.2) is 39.8 Å². The van der Waals surface area contributed by atoms with Crippen LogP contribution in [0.3, 0.4) is 0 Å². The molecule has 0 aliphatic carbocycles. The number of carboxylic acids is 1. The fourth-order valence-corrected chi connectivity index (χ4v) is 1.13. The first-order chi connectivity index (χ1) is 6.93. The number of carboxylic acid groups (broad SMARTS) is 1. The Balaban J connectivity index is 4.10. The third kappa shape index (κ3) is 6.40. The van der Waals surface area contributed by atoms with Gasteiger partial charge in [0.05, 0.1) is 0 Å². The number of hydrogen-bond donors (Lipinski definition) is 5. The fourth-order valence-electron chi connectivity index (χ4n) is 1.13. The average molecular weight is 220 g/mol. The minimum absolute atomic E-state index is 0.0215. The van der Waals surface area contributed by atoms with Crippen molar-refractivity contribution in [1.29, 1.82) is 0 Å². The van der Waals surface area contributed by atoms with Gasteiger partial charge in [0.15, 0.2) is 0 Å². The van der Waals surface area contributed by atoms with Gasteiger partial charge in [-0.05, 0) is 19.4 Å². The summed E-state index contributed by atoms with van der Waals surface area (Å²) >= 11 is 0. The van der Waals surface area contributed by atoms with E-state index in [1.165, 1.54) is 0 Å². The Kier molecular flexibility index (Phi) is 6.42. The van der Waals surface area contributed by atoms with Gasteiger partial charge >= 0.3 is 5.97 Å². The van der Waals surface area contributed by atoms with Crippen molar-refractivity contribution in [2.24, 2.45) is 5.73 Å². The average Bonchev–Trinajstić information content (AvgIpc) is 2.16. The monoisotopic (exact) mass is 220 g/mol. The second-order valence-corrected chi connectivity index (χ2v) is 3.49. The number of nitrogens with one attached hydrogen (secondary N) is 1. The molecule has 0 fully saturated rings. The summed E-state index contributed by atoms with van der Waals surface area (Å²) in [6, 6.07) is -0.952. The standard InChI is InChI=1S/C9H20N2O4/c1-2-9(14,15)11-7(8(12)13)5-3-4-6-10/h7,11,14-15H,2-6,10H2,1H3,(H,12,13)/t7-/m0/s1. The highest BCUT2D eigenvalue weighted by Gasteiger charge is 2.28. The molecule has 0 unspecified atom stereocenters. The molecular weight excluding hydrogens is 200 g/mol. The maximum absolute atomic E-state index is 10.8. The highest BCUT2D eigenvalue weighted by Crippen LogP contribution is 2.07. The first kappa shape index (κ1) is 14.3. The molecule has 15 heavy (non-hydrogen) atoms. The van der Waals surface area contributed by atoms with Gasteiger partial charge in [-0.1, -0.05) is 13.3 Å². The van der Waals surface area contributed by atoms with Crippen molar-refractivity contribution in [1.82, 2.24) is 5.32 Å². The number of rotatable bonds is 8. The van der Waals surface area contributed by atoms with Crippen molar-refractivity contribution >= 4 is 5.97 Å². The Bertz CT molecular complexity index is 197. The largest absolute Gasteiger partial charge is 0.480 e. The van der Waals surface area contributed by atoms with E-state index in [2.05, 4.69) is 5.32 Å². The Morgan fingerprint density at radius 2 is 2.07 bits per heavy atom. The summed E-state index contributed by atoms with van der Waals surface area (Å²) in [6.45, 7) is 2.05. The number of unbranched alkanes of at least 4 members (excludes halogenated alkanes) is 1. The lowest BCUT2D eigenvalue weighted by atomic mass is 10.1. The first-order valence-electron chi connectivity index (χ1n) is 5.08. The lowest BCUT2D eigenvalue weighted by Crippen LogP contribution is -2.52. The van der Waals surface area contributed by atoms with Crippen LogP contribution in [0.25, 0.3) is 0 Å². The van der Waals surface area contributed by atoms with Gasteiger partial charge in [-0.3, -0.25) is 10.1 Å². The summed E-state index contributed by atoms with van der Waals surface area (Å²) in [5.74, 6) is -3.21. The number of aliphatic hydroxyl groups is 2. The van der Waals surface area contributed by atoms with E-state index >= 15 is 0 Å². The van der Waals surface area contributed by atoms with Crippen LogP contribution in [0.2, 0.25) is 0 Å². The van der Waals surface area contributed by atoms with Gasteiger partial charge in [0, 0.05) is 6.42 Å². The van der Waals surface area contributed by atoms with Crippen LogP contribution in [0.15, 0.2) is 0 Å². The molecule has 0 aromatic carbocycles. The lowest BCUT2D eigenvalue weighted by Gasteiger charge is -2.25. The molecule has 0 spiro atoms. The third-order valence-electron chi connectivity index (χ3n) is 2.14. The third-order valence-corrected chi connectivity index (χ3v) is 2.14. The molecule has 0 aliphatic heterocycles. The van der Waals surface area contributed by atoms with Crippen LogP contribution in [0.1, 0.15) is 32.6 Å². The van der Waals surface area contributed by atoms with E-state index in [-0.39, 0.29) is 6.42 Å². The van der Waals surface area contributed by atoms with Crippen molar-refractivity contribution in [2.45, 2.75) is 44.6 Å². The maximum Gasteiger partial charge on any atom is 0.320 e. The van der Waals surface area contributed by atoms with Crippen molar-refractivity contribution < 1.29 is 20.1 Å². The zero-order valence-electron chi connectivity index (χ0n) is 8.94. The van der Waals surface area contributed by atoms with Gasteiger partial charge in [0.1, 0.15) is 6.04 Å². The van der Waals surface area contributed by atoms with E-state index in [0.29, 0.717) is 19.4 Å². The van der Waals surface area contributed by atoms with Crippen LogP contribution < -0.4 is 11.1 Å². The van der Waals surface area contributed by atoms with Crippen LogP contribution in [0, 0.1) is 0 Å². The molecule has 0 aliphatic rings. The quantitative estimate of drug-likeness (QED) is 0.270. The molecule has 0 aromatic rings. The summed E-state index contributed by atoms with van der Waals surface area (Å²) in [5.41, 5.74) is 5.28. The molecular formula is C9H20N2O4. The van der Waals surface area contributed by atoms with Crippen molar-refractivity contribution in [3.05, 3.63) is 0 Å². The molecule has 6 N–H and O–H groups in total. The first-order valence-corrected chi connectivity index (χ1v) is 5.08. The summed E-state index contributed by atoms with van der Waals surface area (Å²) in [4.78, 5) is 10.8.